The summed E-state index contributed by atoms with van der Waals surface area (Å²) in [5.74, 6) is 3.23. The lowest BCUT2D eigenvalue weighted by atomic mass is 9.93. The summed E-state index contributed by atoms with van der Waals surface area (Å²) in [5, 5.41) is 0. The Hall–Kier alpha value is -2.76. The molecular formula is C20H24N6. The van der Waals surface area contributed by atoms with E-state index in [1.807, 2.05) is 49.9 Å². The maximum Gasteiger partial charge on any atom is 0.225 e. The Morgan fingerprint density at radius 2 is 1.69 bits per heavy atom. The highest BCUT2D eigenvalue weighted by atomic mass is 15.3. The number of hydrogen-bond donors (Lipinski definition) is 0. The van der Waals surface area contributed by atoms with E-state index < -0.39 is 0 Å². The number of aromatic nitrogens is 5. The average molecular weight is 348 g/mol. The topological polar surface area (TPSA) is 59.7 Å². The number of anilines is 1. The van der Waals surface area contributed by atoms with Gasteiger partial charge in [0.15, 0.2) is 0 Å². The molecule has 4 rings (SSSR count). The first-order valence-electron chi connectivity index (χ1n) is 9.14. The fourth-order valence-electron chi connectivity index (χ4n) is 3.65. The predicted octanol–water partition coefficient (Wildman–Crippen LogP) is 3.37. The number of nitrogens with zero attached hydrogens (tertiary/aromatic N) is 6. The third-order valence-corrected chi connectivity index (χ3v) is 5.00. The highest BCUT2D eigenvalue weighted by Crippen LogP contribution is 2.29. The van der Waals surface area contributed by atoms with Gasteiger partial charge in [0.25, 0.3) is 0 Å². The molecule has 0 unspecified atom stereocenters. The van der Waals surface area contributed by atoms with Crippen molar-refractivity contribution in [3.8, 4) is 5.82 Å². The molecule has 0 bridgehead atoms. The summed E-state index contributed by atoms with van der Waals surface area (Å²) in [5.41, 5.74) is 3.22. The van der Waals surface area contributed by atoms with Gasteiger partial charge in [0.2, 0.25) is 5.95 Å². The molecule has 26 heavy (non-hydrogen) atoms. The molecule has 6 heteroatoms. The van der Waals surface area contributed by atoms with Crippen molar-refractivity contribution in [2.45, 2.75) is 39.5 Å². The minimum Gasteiger partial charge on any atom is -0.341 e. The van der Waals surface area contributed by atoms with Crippen LogP contribution < -0.4 is 4.90 Å². The second-order valence-corrected chi connectivity index (χ2v) is 6.98. The van der Waals surface area contributed by atoms with E-state index in [9.17, 15) is 0 Å². The van der Waals surface area contributed by atoms with E-state index in [4.69, 9.17) is 4.98 Å². The Labute approximate surface area is 154 Å². The molecule has 0 N–H and O–H groups in total. The zero-order chi connectivity index (χ0) is 18.1. The van der Waals surface area contributed by atoms with Gasteiger partial charge in [-0.2, -0.15) is 0 Å². The molecule has 0 spiro atoms. The molecule has 0 saturated carbocycles. The summed E-state index contributed by atoms with van der Waals surface area (Å²) in [6.45, 7) is 7.97. The highest BCUT2D eigenvalue weighted by Gasteiger charge is 2.23. The van der Waals surface area contributed by atoms with Crippen LogP contribution in [0, 0.1) is 20.8 Å². The third-order valence-electron chi connectivity index (χ3n) is 5.00. The van der Waals surface area contributed by atoms with Crippen LogP contribution in [0.3, 0.4) is 0 Å². The van der Waals surface area contributed by atoms with Crippen molar-refractivity contribution in [2.24, 2.45) is 0 Å². The summed E-state index contributed by atoms with van der Waals surface area (Å²) in [6, 6.07) is 8.29. The molecule has 1 saturated heterocycles. The zero-order valence-corrected chi connectivity index (χ0v) is 15.6. The van der Waals surface area contributed by atoms with E-state index >= 15 is 0 Å². The normalized spacial score (nSPS) is 15.4. The molecule has 1 aliphatic rings. The number of piperidine rings is 1. The van der Waals surface area contributed by atoms with Crippen molar-refractivity contribution in [2.75, 3.05) is 18.0 Å². The smallest absolute Gasteiger partial charge is 0.225 e. The van der Waals surface area contributed by atoms with Crippen LogP contribution in [0.5, 0.6) is 0 Å². The first-order valence-corrected chi connectivity index (χ1v) is 9.14. The van der Waals surface area contributed by atoms with Crippen LogP contribution in [-0.2, 0) is 0 Å². The van der Waals surface area contributed by atoms with Gasteiger partial charge >= 0.3 is 0 Å². The minimum atomic E-state index is 0.473. The van der Waals surface area contributed by atoms with Gasteiger partial charge in [0, 0.05) is 48.5 Å². The Morgan fingerprint density at radius 3 is 2.35 bits per heavy atom. The van der Waals surface area contributed by atoms with Crippen LogP contribution in [0.25, 0.3) is 5.82 Å². The van der Waals surface area contributed by atoms with Crippen LogP contribution in [0.4, 0.5) is 5.95 Å². The second kappa shape index (κ2) is 6.86. The fraction of sp³-hybridized carbons (Fsp3) is 0.400. The lowest BCUT2D eigenvalue weighted by Crippen LogP contribution is -2.34. The standard InChI is InChI=1S/C20H24N6/c1-14-13-15(2)23-20(22-14)25-10-7-17(8-11-25)18-5-4-6-19(24-18)26-12-9-21-16(26)3/h4-6,9,12-13,17H,7-8,10-11H2,1-3H3. The first-order chi connectivity index (χ1) is 12.6. The Bertz CT molecular complexity index is 888. The predicted molar refractivity (Wildman–Crippen MR) is 102 cm³/mol. The van der Waals surface area contributed by atoms with Crippen molar-refractivity contribution in [1.29, 1.82) is 0 Å². The van der Waals surface area contributed by atoms with Gasteiger partial charge in [-0.15, -0.1) is 0 Å². The maximum atomic E-state index is 4.90. The zero-order valence-electron chi connectivity index (χ0n) is 15.6. The number of hydrogen-bond acceptors (Lipinski definition) is 5. The molecule has 4 heterocycles. The van der Waals surface area contributed by atoms with Crippen LogP contribution in [0.2, 0.25) is 0 Å². The van der Waals surface area contributed by atoms with Crippen LogP contribution in [0.1, 0.15) is 41.7 Å². The van der Waals surface area contributed by atoms with Gasteiger partial charge in [-0.25, -0.2) is 19.9 Å². The molecule has 134 valence electrons. The summed E-state index contributed by atoms with van der Waals surface area (Å²) in [7, 11) is 0. The SMILES string of the molecule is Cc1cc(C)nc(N2CCC(c3cccc(-n4ccnc4C)n3)CC2)n1. The lowest BCUT2D eigenvalue weighted by molar-refractivity contribution is 0.489. The van der Waals surface area contributed by atoms with Crippen molar-refractivity contribution in [3.05, 3.63) is 59.6 Å². The van der Waals surface area contributed by atoms with Crippen LogP contribution in [-0.4, -0.2) is 37.6 Å². The van der Waals surface area contributed by atoms with Gasteiger partial charge in [-0.05, 0) is 51.8 Å². The Balaban J connectivity index is 1.49. The summed E-state index contributed by atoms with van der Waals surface area (Å²) in [6.07, 6.45) is 5.90. The maximum absolute atomic E-state index is 4.90. The van der Waals surface area contributed by atoms with E-state index in [0.717, 1.165) is 60.6 Å². The molecule has 0 aromatic carbocycles. The highest BCUT2D eigenvalue weighted by molar-refractivity contribution is 5.34. The van der Waals surface area contributed by atoms with Gasteiger partial charge in [-0.3, -0.25) is 4.57 Å². The molecule has 0 radical (unpaired) electrons. The quantitative estimate of drug-likeness (QED) is 0.726. The number of aryl methyl sites for hydroxylation is 3. The minimum absolute atomic E-state index is 0.473. The Morgan fingerprint density at radius 1 is 0.962 bits per heavy atom. The molecule has 3 aromatic rings. The number of rotatable bonds is 3. The van der Waals surface area contributed by atoms with Gasteiger partial charge in [-0.1, -0.05) is 6.07 Å². The van der Waals surface area contributed by atoms with Gasteiger partial charge in [0.05, 0.1) is 0 Å². The molecular weight excluding hydrogens is 324 g/mol. The number of pyridine rings is 1. The van der Waals surface area contributed by atoms with Crippen molar-refractivity contribution >= 4 is 5.95 Å². The Kier molecular flexibility index (Phi) is 4.41. The molecule has 3 aromatic heterocycles. The summed E-state index contributed by atoms with van der Waals surface area (Å²) < 4.78 is 2.03. The van der Waals surface area contributed by atoms with E-state index in [2.05, 4.69) is 32.0 Å². The molecule has 6 nitrogen and oxygen atoms in total. The van der Waals surface area contributed by atoms with E-state index in [1.165, 1.54) is 0 Å². The molecule has 0 aliphatic carbocycles. The van der Waals surface area contributed by atoms with Crippen LogP contribution >= 0.6 is 0 Å². The van der Waals surface area contributed by atoms with Gasteiger partial charge < -0.3 is 4.90 Å². The average Bonchev–Trinajstić information content (AvgIpc) is 3.07. The summed E-state index contributed by atoms with van der Waals surface area (Å²) in [4.78, 5) is 20.7. The monoisotopic (exact) mass is 348 g/mol. The van der Waals surface area contributed by atoms with Crippen molar-refractivity contribution in [3.63, 3.8) is 0 Å². The second-order valence-electron chi connectivity index (χ2n) is 6.98. The molecule has 0 amide bonds. The number of imidazole rings is 1. The molecule has 1 aliphatic heterocycles. The van der Waals surface area contributed by atoms with E-state index in [0.29, 0.717) is 5.92 Å². The van der Waals surface area contributed by atoms with E-state index in [1.54, 1.807) is 0 Å². The third kappa shape index (κ3) is 3.31. The van der Waals surface area contributed by atoms with Crippen LogP contribution in [0.15, 0.2) is 36.7 Å². The molecule has 0 atom stereocenters. The van der Waals surface area contributed by atoms with E-state index in [-0.39, 0.29) is 0 Å². The molecule has 1 fully saturated rings. The van der Waals surface area contributed by atoms with Gasteiger partial charge in [0.1, 0.15) is 11.6 Å². The largest absolute Gasteiger partial charge is 0.341 e. The summed E-state index contributed by atoms with van der Waals surface area (Å²) >= 11 is 0. The van der Waals surface area contributed by atoms with Crippen molar-refractivity contribution in [1.82, 2.24) is 24.5 Å². The lowest BCUT2D eigenvalue weighted by Gasteiger charge is -2.32. The fourth-order valence-corrected chi connectivity index (χ4v) is 3.65. The van der Waals surface area contributed by atoms with Crippen molar-refractivity contribution < 1.29 is 0 Å². The first kappa shape index (κ1) is 16.7.